The molecule has 1 amide bonds. The lowest BCUT2D eigenvalue weighted by molar-refractivity contribution is -0.139. The predicted octanol–water partition coefficient (Wildman–Crippen LogP) is 2.01. The zero-order chi connectivity index (χ0) is 14.5. The van der Waals surface area contributed by atoms with Crippen molar-refractivity contribution in [1.82, 2.24) is 10.3 Å². The third-order valence-electron chi connectivity index (χ3n) is 3.01. The predicted molar refractivity (Wildman–Crippen MR) is 74.3 cm³/mol. The molecular weight excluding hydrogens is 264 g/mol. The summed E-state index contributed by atoms with van der Waals surface area (Å²) < 4.78 is 0. The Morgan fingerprint density at radius 1 is 1.47 bits per heavy atom. The summed E-state index contributed by atoms with van der Waals surface area (Å²) in [5, 5.41) is 14.5. The molecule has 0 aliphatic rings. The van der Waals surface area contributed by atoms with Crippen molar-refractivity contribution in [3.63, 3.8) is 0 Å². The van der Waals surface area contributed by atoms with Crippen LogP contribution >= 0.6 is 11.3 Å². The van der Waals surface area contributed by atoms with Crippen LogP contribution < -0.4 is 5.32 Å². The SMILES string of the molecule is CCc1nc(CC(=O)N[C@](C)(CC)CC(=O)O)cs1. The van der Waals surface area contributed by atoms with E-state index in [0.29, 0.717) is 6.42 Å². The fourth-order valence-electron chi connectivity index (χ4n) is 1.73. The van der Waals surface area contributed by atoms with E-state index in [1.165, 1.54) is 0 Å². The van der Waals surface area contributed by atoms with Gasteiger partial charge in [0.05, 0.1) is 23.5 Å². The average Bonchev–Trinajstić information content (AvgIpc) is 2.75. The second-order valence-electron chi connectivity index (χ2n) is 4.80. The summed E-state index contributed by atoms with van der Waals surface area (Å²) in [6.07, 6.45) is 1.55. The van der Waals surface area contributed by atoms with E-state index < -0.39 is 11.5 Å². The van der Waals surface area contributed by atoms with Crippen molar-refractivity contribution in [2.24, 2.45) is 0 Å². The van der Waals surface area contributed by atoms with Gasteiger partial charge >= 0.3 is 5.97 Å². The highest BCUT2D eigenvalue weighted by atomic mass is 32.1. The second kappa shape index (κ2) is 6.65. The zero-order valence-corrected chi connectivity index (χ0v) is 12.3. The number of aryl methyl sites for hydroxylation is 1. The van der Waals surface area contributed by atoms with Crippen LogP contribution in [0.1, 0.15) is 44.3 Å². The molecule has 6 heteroatoms. The van der Waals surface area contributed by atoms with Crippen molar-refractivity contribution in [2.75, 3.05) is 0 Å². The Balaban J connectivity index is 2.60. The largest absolute Gasteiger partial charge is 0.481 e. The first-order valence-corrected chi connectivity index (χ1v) is 7.22. The first-order chi connectivity index (χ1) is 8.88. The summed E-state index contributed by atoms with van der Waals surface area (Å²) in [7, 11) is 0. The summed E-state index contributed by atoms with van der Waals surface area (Å²) >= 11 is 1.54. The van der Waals surface area contributed by atoms with Crippen molar-refractivity contribution in [3.8, 4) is 0 Å². The van der Waals surface area contributed by atoms with Crippen LogP contribution in [-0.4, -0.2) is 27.5 Å². The number of carbonyl (C=O) groups is 2. The van der Waals surface area contributed by atoms with Crippen molar-refractivity contribution < 1.29 is 14.7 Å². The molecule has 0 unspecified atom stereocenters. The van der Waals surface area contributed by atoms with Crippen LogP contribution in [0.4, 0.5) is 0 Å². The fraction of sp³-hybridized carbons (Fsp3) is 0.615. The van der Waals surface area contributed by atoms with Crippen molar-refractivity contribution in [3.05, 3.63) is 16.1 Å². The maximum Gasteiger partial charge on any atom is 0.305 e. The number of carboxylic acids is 1. The Kier molecular flexibility index (Phi) is 5.47. The van der Waals surface area contributed by atoms with E-state index in [4.69, 9.17) is 5.11 Å². The smallest absolute Gasteiger partial charge is 0.305 e. The molecule has 106 valence electrons. The van der Waals surface area contributed by atoms with Gasteiger partial charge in [-0.2, -0.15) is 0 Å². The van der Waals surface area contributed by atoms with Gasteiger partial charge in [0.2, 0.25) is 5.91 Å². The third kappa shape index (κ3) is 4.98. The van der Waals surface area contributed by atoms with E-state index in [1.807, 2.05) is 19.2 Å². The fourth-order valence-corrected chi connectivity index (χ4v) is 2.47. The maximum absolute atomic E-state index is 11.9. The highest BCUT2D eigenvalue weighted by Crippen LogP contribution is 2.15. The number of thiazole rings is 1. The Morgan fingerprint density at radius 3 is 2.63 bits per heavy atom. The van der Waals surface area contributed by atoms with E-state index in [0.717, 1.165) is 17.1 Å². The first kappa shape index (κ1) is 15.6. The lowest BCUT2D eigenvalue weighted by Crippen LogP contribution is -2.47. The number of carbonyl (C=O) groups excluding carboxylic acids is 1. The molecule has 2 N–H and O–H groups in total. The standard InChI is InChI=1S/C13H20N2O3S/c1-4-11-14-9(8-19-11)6-10(16)15-13(3,5-2)7-12(17)18/h8H,4-7H2,1-3H3,(H,15,16)(H,17,18)/t13-/m1/s1. The number of amides is 1. The summed E-state index contributed by atoms with van der Waals surface area (Å²) in [5.41, 5.74) is 0.0418. The van der Waals surface area contributed by atoms with Gasteiger partial charge in [-0.15, -0.1) is 11.3 Å². The van der Waals surface area contributed by atoms with E-state index >= 15 is 0 Å². The molecule has 1 aromatic rings. The van der Waals surface area contributed by atoms with Gasteiger partial charge in [-0.3, -0.25) is 9.59 Å². The van der Waals surface area contributed by atoms with Gasteiger partial charge in [0.25, 0.3) is 0 Å². The van der Waals surface area contributed by atoms with Crippen LogP contribution in [0.5, 0.6) is 0 Å². The Labute approximate surface area is 117 Å². The van der Waals surface area contributed by atoms with Crippen LogP contribution in [-0.2, 0) is 22.4 Å². The number of nitrogens with zero attached hydrogens (tertiary/aromatic N) is 1. The zero-order valence-electron chi connectivity index (χ0n) is 11.5. The quantitative estimate of drug-likeness (QED) is 0.802. The number of hydrogen-bond donors (Lipinski definition) is 2. The first-order valence-electron chi connectivity index (χ1n) is 6.34. The molecule has 19 heavy (non-hydrogen) atoms. The molecule has 0 aromatic carbocycles. The highest BCUT2D eigenvalue weighted by Gasteiger charge is 2.27. The molecule has 1 aromatic heterocycles. The van der Waals surface area contributed by atoms with Gasteiger partial charge in [-0.1, -0.05) is 13.8 Å². The molecular formula is C13H20N2O3S. The number of hydrogen-bond acceptors (Lipinski definition) is 4. The van der Waals surface area contributed by atoms with Crippen LogP contribution in [0.2, 0.25) is 0 Å². The van der Waals surface area contributed by atoms with Crippen molar-refractivity contribution in [2.45, 2.75) is 52.0 Å². The molecule has 0 bridgehead atoms. The molecule has 1 atom stereocenters. The van der Waals surface area contributed by atoms with Crippen LogP contribution in [0.3, 0.4) is 0 Å². The minimum Gasteiger partial charge on any atom is -0.481 e. The number of nitrogens with one attached hydrogen (secondary N) is 1. The summed E-state index contributed by atoms with van der Waals surface area (Å²) in [6, 6.07) is 0. The maximum atomic E-state index is 11.9. The number of carboxylic acid groups (broad SMARTS) is 1. The highest BCUT2D eigenvalue weighted by molar-refractivity contribution is 7.09. The number of aliphatic carboxylic acids is 1. The van der Waals surface area contributed by atoms with E-state index in [-0.39, 0.29) is 18.7 Å². The summed E-state index contributed by atoms with van der Waals surface area (Å²) in [5.74, 6) is -1.09. The van der Waals surface area contributed by atoms with Gasteiger partial charge in [0, 0.05) is 10.9 Å². The molecule has 0 aliphatic carbocycles. The van der Waals surface area contributed by atoms with Gasteiger partial charge in [-0.05, 0) is 19.8 Å². The lowest BCUT2D eigenvalue weighted by Gasteiger charge is -2.27. The average molecular weight is 284 g/mol. The Morgan fingerprint density at radius 2 is 2.16 bits per heavy atom. The van der Waals surface area contributed by atoms with Crippen LogP contribution in [0.15, 0.2) is 5.38 Å². The van der Waals surface area contributed by atoms with Crippen LogP contribution in [0.25, 0.3) is 0 Å². The number of aromatic nitrogens is 1. The second-order valence-corrected chi connectivity index (χ2v) is 5.74. The lowest BCUT2D eigenvalue weighted by atomic mass is 9.94. The van der Waals surface area contributed by atoms with E-state index in [1.54, 1.807) is 18.3 Å². The Bertz CT molecular complexity index is 458. The molecule has 0 spiro atoms. The molecule has 0 radical (unpaired) electrons. The van der Waals surface area contributed by atoms with Gasteiger partial charge < -0.3 is 10.4 Å². The molecule has 0 saturated heterocycles. The number of rotatable bonds is 7. The van der Waals surface area contributed by atoms with Crippen molar-refractivity contribution in [1.29, 1.82) is 0 Å². The Hall–Kier alpha value is -1.43. The normalized spacial score (nSPS) is 13.8. The molecule has 1 rings (SSSR count). The van der Waals surface area contributed by atoms with Crippen LogP contribution in [0, 0.1) is 0 Å². The van der Waals surface area contributed by atoms with Crippen molar-refractivity contribution >= 4 is 23.2 Å². The molecule has 5 nitrogen and oxygen atoms in total. The van der Waals surface area contributed by atoms with E-state index in [9.17, 15) is 9.59 Å². The summed E-state index contributed by atoms with van der Waals surface area (Å²) in [6.45, 7) is 5.63. The minimum atomic E-state index is -0.911. The van der Waals surface area contributed by atoms with E-state index in [2.05, 4.69) is 10.3 Å². The van der Waals surface area contributed by atoms with Gasteiger partial charge in [0.15, 0.2) is 0 Å². The topological polar surface area (TPSA) is 79.3 Å². The van der Waals surface area contributed by atoms with Gasteiger partial charge in [0.1, 0.15) is 0 Å². The third-order valence-corrected chi connectivity index (χ3v) is 4.05. The molecule has 0 saturated carbocycles. The minimum absolute atomic E-state index is 0.0769. The monoisotopic (exact) mass is 284 g/mol. The molecule has 1 heterocycles. The molecule has 0 aliphatic heterocycles. The molecule has 0 fully saturated rings. The van der Waals surface area contributed by atoms with Gasteiger partial charge in [-0.25, -0.2) is 4.98 Å². The summed E-state index contributed by atoms with van der Waals surface area (Å²) in [4.78, 5) is 27.0.